The van der Waals surface area contributed by atoms with E-state index in [1.165, 1.54) is 27.3 Å². The zero-order valence-corrected chi connectivity index (χ0v) is 19.5. The number of hydrogen-bond donors (Lipinski definition) is 0. The molecule has 0 fully saturated rings. The maximum Gasteiger partial charge on any atom is 0.332 e. The van der Waals surface area contributed by atoms with Crippen molar-refractivity contribution in [2.45, 2.75) is 58.5 Å². The number of nitrogens with zero attached hydrogens (tertiary/aromatic N) is 5. The van der Waals surface area contributed by atoms with Crippen LogP contribution in [0.4, 0.5) is 10.2 Å². The van der Waals surface area contributed by atoms with Crippen LogP contribution in [0.1, 0.15) is 49.0 Å². The summed E-state index contributed by atoms with van der Waals surface area (Å²) in [7, 11) is 0. The van der Waals surface area contributed by atoms with E-state index in [9.17, 15) is 14.0 Å². The van der Waals surface area contributed by atoms with Crippen LogP contribution in [0.5, 0.6) is 0 Å². The molecule has 0 saturated carbocycles. The number of fused-ring (bicyclic) bond motifs is 1. The third kappa shape index (κ3) is 5.09. The van der Waals surface area contributed by atoms with E-state index in [4.69, 9.17) is 27.7 Å². The standard InChI is InChI=1S/C22H22Cl2FN5O3/c1-2-3-8-29-20-15(12-17(24)26-20)21(31)30(22(29)32)9-4-5-19-27-18(28-33-19)11-13-10-14(25)6-7-16(13)23/h6-7,10H,2-5,8-9,11-12H2,1H3. The van der Waals surface area contributed by atoms with Gasteiger partial charge in [0.15, 0.2) is 5.82 Å². The number of aliphatic imine (C=N–C) groups is 1. The van der Waals surface area contributed by atoms with Crippen molar-refractivity contribution >= 4 is 34.2 Å². The Labute approximate surface area is 198 Å². The van der Waals surface area contributed by atoms with Gasteiger partial charge in [0.1, 0.15) is 16.8 Å². The second kappa shape index (κ2) is 10.0. The first-order valence-electron chi connectivity index (χ1n) is 10.7. The highest BCUT2D eigenvalue weighted by Gasteiger charge is 2.24. The fraction of sp³-hybridized carbons (Fsp3) is 0.409. The highest BCUT2D eigenvalue weighted by Crippen LogP contribution is 2.24. The molecule has 0 spiro atoms. The van der Waals surface area contributed by atoms with Gasteiger partial charge in [0.05, 0.1) is 5.56 Å². The second-order valence-electron chi connectivity index (χ2n) is 7.83. The largest absolute Gasteiger partial charge is 0.339 e. The van der Waals surface area contributed by atoms with Gasteiger partial charge in [0, 0.05) is 37.4 Å². The molecule has 33 heavy (non-hydrogen) atoms. The van der Waals surface area contributed by atoms with E-state index >= 15 is 0 Å². The average Bonchev–Trinajstić information content (AvgIpc) is 3.39. The summed E-state index contributed by atoms with van der Waals surface area (Å²) in [6.45, 7) is 2.70. The third-order valence-electron chi connectivity index (χ3n) is 5.41. The molecule has 0 amide bonds. The molecule has 1 aliphatic heterocycles. The molecule has 3 aromatic rings. The van der Waals surface area contributed by atoms with Crippen LogP contribution in [0, 0.1) is 5.82 Å². The summed E-state index contributed by atoms with van der Waals surface area (Å²) in [5.74, 6) is 0.719. The van der Waals surface area contributed by atoms with E-state index < -0.39 is 11.5 Å². The highest BCUT2D eigenvalue weighted by atomic mass is 35.5. The molecular formula is C22H22Cl2FN5O3. The first-order chi connectivity index (χ1) is 15.9. The van der Waals surface area contributed by atoms with Gasteiger partial charge in [-0.25, -0.2) is 14.2 Å². The van der Waals surface area contributed by atoms with Crippen molar-refractivity contribution in [2.24, 2.45) is 4.99 Å². The fourth-order valence-corrected chi connectivity index (χ4v) is 4.14. The molecule has 0 radical (unpaired) electrons. The molecule has 3 heterocycles. The molecule has 0 N–H and O–H groups in total. The Balaban J connectivity index is 1.46. The van der Waals surface area contributed by atoms with Crippen LogP contribution in [0.15, 0.2) is 37.3 Å². The molecule has 1 aliphatic rings. The molecule has 4 rings (SSSR count). The first kappa shape index (κ1) is 23.4. The summed E-state index contributed by atoms with van der Waals surface area (Å²) in [6, 6.07) is 4.09. The van der Waals surface area contributed by atoms with Crippen LogP contribution < -0.4 is 11.2 Å². The van der Waals surface area contributed by atoms with Crippen molar-refractivity contribution in [1.82, 2.24) is 19.3 Å². The number of halogens is 3. The van der Waals surface area contributed by atoms with Crippen molar-refractivity contribution in [3.63, 3.8) is 0 Å². The Morgan fingerprint density at radius 1 is 1.15 bits per heavy atom. The number of hydrogen-bond acceptors (Lipinski definition) is 6. The molecule has 11 heteroatoms. The predicted molar refractivity (Wildman–Crippen MR) is 123 cm³/mol. The summed E-state index contributed by atoms with van der Waals surface area (Å²) in [5.41, 5.74) is 0.244. The quantitative estimate of drug-likeness (QED) is 0.448. The Morgan fingerprint density at radius 3 is 2.73 bits per heavy atom. The summed E-state index contributed by atoms with van der Waals surface area (Å²) in [5, 5.41) is 4.64. The van der Waals surface area contributed by atoms with E-state index in [-0.39, 0.29) is 24.9 Å². The molecule has 0 atom stereocenters. The van der Waals surface area contributed by atoms with Crippen molar-refractivity contribution < 1.29 is 8.91 Å². The van der Waals surface area contributed by atoms with Crippen LogP contribution in [0.3, 0.4) is 0 Å². The minimum atomic E-state index is -0.394. The van der Waals surface area contributed by atoms with E-state index in [0.717, 1.165) is 12.8 Å². The van der Waals surface area contributed by atoms with Crippen molar-refractivity contribution in [3.8, 4) is 0 Å². The Morgan fingerprint density at radius 2 is 1.94 bits per heavy atom. The molecule has 0 bridgehead atoms. The monoisotopic (exact) mass is 493 g/mol. The van der Waals surface area contributed by atoms with Crippen LogP contribution in [0.25, 0.3) is 0 Å². The SMILES string of the molecule is CCCCn1c2c(c(=O)n(CCCc3nc(Cc4cc(F)ccc4Cl)no3)c1=O)CC(Cl)=N2. The molecule has 0 saturated heterocycles. The normalized spacial score (nSPS) is 12.8. The number of benzene rings is 1. The van der Waals surface area contributed by atoms with Gasteiger partial charge in [-0.1, -0.05) is 41.7 Å². The van der Waals surface area contributed by atoms with Gasteiger partial charge < -0.3 is 4.52 Å². The lowest BCUT2D eigenvalue weighted by Crippen LogP contribution is -2.41. The Kier molecular flexibility index (Phi) is 7.09. The molecule has 1 aromatic carbocycles. The smallest absolute Gasteiger partial charge is 0.332 e. The number of aromatic nitrogens is 4. The van der Waals surface area contributed by atoms with Gasteiger partial charge in [-0.3, -0.25) is 13.9 Å². The van der Waals surface area contributed by atoms with E-state index in [2.05, 4.69) is 15.1 Å². The lowest BCUT2D eigenvalue weighted by Gasteiger charge is -2.13. The molecule has 2 aromatic heterocycles. The van der Waals surface area contributed by atoms with E-state index in [1.54, 1.807) is 0 Å². The molecular weight excluding hydrogens is 472 g/mol. The predicted octanol–water partition coefficient (Wildman–Crippen LogP) is 4.03. The minimum Gasteiger partial charge on any atom is -0.339 e. The number of aryl methyl sites for hydroxylation is 1. The minimum absolute atomic E-state index is 0.197. The maximum absolute atomic E-state index is 13.5. The van der Waals surface area contributed by atoms with Crippen LogP contribution in [-0.4, -0.2) is 24.4 Å². The Bertz CT molecular complexity index is 1330. The highest BCUT2D eigenvalue weighted by molar-refractivity contribution is 6.66. The zero-order valence-electron chi connectivity index (χ0n) is 18.0. The van der Waals surface area contributed by atoms with Crippen molar-refractivity contribution in [2.75, 3.05) is 0 Å². The number of unbranched alkanes of at least 4 members (excludes halogenated alkanes) is 1. The zero-order chi connectivity index (χ0) is 23.5. The molecule has 8 nitrogen and oxygen atoms in total. The summed E-state index contributed by atoms with van der Waals surface area (Å²) in [4.78, 5) is 34.4. The van der Waals surface area contributed by atoms with Crippen LogP contribution in [-0.2, 0) is 32.4 Å². The van der Waals surface area contributed by atoms with E-state index in [0.29, 0.717) is 58.2 Å². The number of rotatable bonds is 9. The summed E-state index contributed by atoms with van der Waals surface area (Å²) in [6.07, 6.45) is 2.97. The van der Waals surface area contributed by atoms with Gasteiger partial charge in [-0.15, -0.1) is 0 Å². The van der Waals surface area contributed by atoms with Gasteiger partial charge in [-0.2, -0.15) is 4.98 Å². The average molecular weight is 494 g/mol. The molecule has 0 unspecified atom stereocenters. The molecule has 0 aliphatic carbocycles. The second-order valence-corrected chi connectivity index (χ2v) is 8.68. The van der Waals surface area contributed by atoms with Gasteiger partial charge in [0.25, 0.3) is 5.56 Å². The summed E-state index contributed by atoms with van der Waals surface area (Å²) >= 11 is 12.1. The van der Waals surface area contributed by atoms with Crippen molar-refractivity contribution in [3.05, 3.63) is 72.7 Å². The Hall–Kier alpha value is -2.78. The van der Waals surface area contributed by atoms with Gasteiger partial charge >= 0.3 is 5.69 Å². The summed E-state index contributed by atoms with van der Waals surface area (Å²) < 4.78 is 21.5. The van der Waals surface area contributed by atoms with Crippen molar-refractivity contribution in [1.29, 1.82) is 0 Å². The molecule has 174 valence electrons. The lowest BCUT2D eigenvalue weighted by atomic mass is 10.1. The topological polar surface area (TPSA) is 95.3 Å². The fourth-order valence-electron chi connectivity index (χ4n) is 3.74. The van der Waals surface area contributed by atoms with Crippen LogP contribution >= 0.6 is 23.2 Å². The van der Waals surface area contributed by atoms with E-state index in [1.807, 2.05) is 6.92 Å². The lowest BCUT2D eigenvalue weighted by molar-refractivity contribution is 0.366. The third-order valence-corrected chi connectivity index (χ3v) is 6.00. The van der Waals surface area contributed by atoms with Gasteiger partial charge in [0.2, 0.25) is 5.89 Å². The first-order valence-corrected chi connectivity index (χ1v) is 11.5. The van der Waals surface area contributed by atoms with Gasteiger partial charge in [-0.05, 0) is 36.6 Å². The van der Waals surface area contributed by atoms with Crippen LogP contribution in [0.2, 0.25) is 5.02 Å². The maximum atomic E-state index is 13.5.